The monoisotopic (exact) mass is 219 g/mol. The quantitative estimate of drug-likeness (QED) is 0.843. The standard InChI is InChI=1S/C14H21NO/c1-3-12-9-13(7-6-11(12)2)15-14-5-4-8-16-10-14/h6-7,9,14-15H,3-5,8,10H2,1-2H3. The van der Waals surface area contributed by atoms with Crippen molar-refractivity contribution in [3.8, 4) is 0 Å². The van der Waals surface area contributed by atoms with Crippen molar-refractivity contribution in [1.29, 1.82) is 0 Å². The van der Waals surface area contributed by atoms with Crippen LogP contribution in [0, 0.1) is 6.92 Å². The molecule has 1 unspecified atom stereocenters. The highest BCUT2D eigenvalue weighted by molar-refractivity contribution is 5.49. The summed E-state index contributed by atoms with van der Waals surface area (Å²) in [6.45, 7) is 6.14. The number of aryl methyl sites for hydroxylation is 2. The summed E-state index contributed by atoms with van der Waals surface area (Å²) >= 11 is 0. The Balaban J connectivity index is 2.03. The number of ether oxygens (including phenoxy) is 1. The normalized spacial score (nSPS) is 20.8. The Labute approximate surface area is 98.0 Å². The van der Waals surface area contributed by atoms with Gasteiger partial charge in [-0.1, -0.05) is 13.0 Å². The van der Waals surface area contributed by atoms with Gasteiger partial charge in [-0.2, -0.15) is 0 Å². The van der Waals surface area contributed by atoms with Crippen molar-refractivity contribution < 1.29 is 4.74 Å². The first-order valence-corrected chi connectivity index (χ1v) is 6.23. The van der Waals surface area contributed by atoms with Crippen LogP contribution in [0.4, 0.5) is 5.69 Å². The maximum atomic E-state index is 5.47. The largest absolute Gasteiger partial charge is 0.380 e. The molecule has 0 bridgehead atoms. The molecular weight excluding hydrogens is 198 g/mol. The van der Waals surface area contributed by atoms with E-state index in [-0.39, 0.29) is 0 Å². The Morgan fingerprint density at radius 1 is 1.44 bits per heavy atom. The van der Waals surface area contributed by atoms with Gasteiger partial charge in [0, 0.05) is 18.3 Å². The molecule has 1 aliphatic heterocycles. The molecule has 0 spiro atoms. The Morgan fingerprint density at radius 2 is 2.31 bits per heavy atom. The average molecular weight is 219 g/mol. The molecule has 0 saturated carbocycles. The molecule has 2 nitrogen and oxygen atoms in total. The van der Waals surface area contributed by atoms with Crippen molar-refractivity contribution in [3.63, 3.8) is 0 Å². The number of benzene rings is 1. The maximum absolute atomic E-state index is 5.47. The van der Waals surface area contributed by atoms with Gasteiger partial charge in [0.25, 0.3) is 0 Å². The molecule has 2 heteroatoms. The molecule has 1 aromatic carbocycles. The van der Waals surface area contributed by atoms with Gasteiger partial charge in [0.1, 0.15) is 0 Å². The summed E-state index contributed by atoms with van der Waals surface area (Å²) in [5.74, 6) is 0. The molecule has 0 aliphatic carbocycles. The van der Waals surface area contributed by atoms with Gasteiger partial charge in [-0.15, -0.1) is 0 Å². The van der Waals surface area contributed by atoms with Crippen LogP contribution in [-0.2, 0) is 11.2 Å². The zero-order chi connectivity index (χ0) is 11.4. The van der Waals surface area contributed by atoms with E-state index >= 15 is 0 Å². The van der Waals surface area contributed by atoms with E-state index in [1.165, 1.54) is 29.7 Å². The fourth-order valence-corrected chi connectivity index (χ4v) is 2.23. The summed E-state index contributed by atoms with van der Waals surface area (Å²) in [6.07, 6.45) is 3.49. The molecule has 0 aromatic heterocycles. The highest BCUT2D eigenvalue weighted by atomic mass is 16.5. The van der Waals surface area contributed by atoms with Gasteiger partial charge < -0.3 is 10.1 Å². The van der Waals surface area contributed by atoms with E-state index in [2.05, 4.69) is 37.4 Å². The van der Waals surface area contributed by atoms with Crippen LogP contribution in [0.2, 0.25) is 0 Å². The molecule has 1 N–H and O–H groups in total. The fraction of sp³-hybridized carbons (Fsp3) is 0.571. The van der Waals surface area contributed by atoms with Crippen LogP contribution in [0.15, 0.2) is 18.2 Å². The number of hydrogen-bond acceptors (Lipinski definition) is 2. The molecule has 0 amide bonds. The predicted molar refractivity (Wildman–Crippen MR) is 68.0 cm³/mol. The second kappa shape index (κ2) is 5.35. The lowest BCUT2D eigenvalue weighted by Gasteiger charge is -2.24. The smallest absolute Gasteiger partial charge is 0.0667 e. The molecule has 0 radical (unpaired) electrons. The lowest BCUT2D eigenvalue weighted by molar-refractivity contribution is 0.0876. The van der Waals surface area contributed by atoms with Gasteiger partial charge in [0.05, 0.1) is 6.61 Å². The van der Waals surface area contributed by atoms with Gasteiger partial charge in [-0.05, 0) is 49.4 Å². The summed E-state index contributed by atoms with van der Waals surface area (Å²) in [5, 5.41) is 3.56. The SMILES string of the molecule is CCc1cc(NC2CCCOC2)ccc1C. The van der Waals surface area contributed by atoms with Crippen molar-refractivity contribution in [2.45, 2.75) is 39.2 Å². The van der Waals surface area contributed by atoms with Crippen LogP contribution < -0.4 is 5.32 Å². The first kappa shape index (κ1) is 11.5. The maximum Gasteiger partial charge on any atom is 0.0667 e. The summed E-state index contributed by atoms with van der Waals surface area (Å²) in [5.41, 5.74) is 4.05. The Hall–Kier alpha value is -1.02. The first-order valence-electron chi connectivity index (χ1n) is 6.23. The van der Waals surface area contributed by atoms with Gasteiger partial charge >= 0.3 is 0 Å². The molecular formula is C14H21NO. The van der Waals surface area contributed by atoms with Crippen LogP contribution in [0.1, 0.15) is 30.9 Å². The molecule has 16 heavy (non-hydrogen) atoms. The Kier molecular flexibility index (Phi) is 3.83. The molecule has 88 valence electrons. The highest BCUT2D eigenvalue weighted by Gasteiger charge is 2.13. The van der Waals surface area contributed by atoms with E-state index < -0.39 is 0 Å². The number of nitrogens with one attached hydrogen (secondary N) is 1. The molecule has 1 saturated heterocycles. The van der Waals surface area contributed by atoms with E-state index in [1.807, 2.05) is 0 Å². The lowest BCUT2D eigenvalue weighted by atomic mass is 10.0. The lowest BCUT2D eigenvalue weighted by Crippen LogP contribution is -2.29. The highest BCUT2D eigenvalue weighted by Crippen LogP contribution is 2.18. The number of rotatable bonds is 3. The van der Waals surface area contributed by atoms with E-state index in [1.54, 1.807) is 0 Å². The van der Waals surface area contributed by atoms with Crippen molar-refractivity contribution in [2.75, 3.05) is 18.5 Å². The summed E-state index contributed by atoms with van der Waals surface area (Å²) < 4.78 is 5.47. The van der Waals surface area contributed by atoms with E-state index in [0.717, 1.165) is 19.6 Å². The third kappa shape index (κ3) is 2.76. The number of anilines is 1. The minimum Gasteiger partial charge on any atom is -0.380 e. The van der Waals surface area contributed by atoms with Gasteiger partial charge in [-0.25, -0.2) is 0 Å². The average Bonchev–Trinajstić information content (AvgIpc) is 2.33. The van der Waals surface area contributed by atoms with Crippen LogP contribution in [0.3, 0.4) is 0 Å². The van der Waals surface area contributed by atoms with E-state index in [9.17, 15) is 0 Å². The van der Waals surface area contributed by atoms with Crippen molar-refractivity contribution >= 4 is 5.69 Å². The van der Waals surface area contributed by atoms with Crippen molar-refractivity contribution in [3.05, 3.63) is 29.3 Å². The third-order valence-corrected chi connectivity index (χ3v) is 3.26. The van der Waals surface area contributed by atoms with Gasteiger partial charge in [0.15, 0.2) is 0 Å². The predicted octanol–water partition coefficient (Wildman–Crippen LogP) is 3.15. The van der Waals surface area contributed by atoms with Crippen molar-refractivity contribution in [2.24, 2.45) is 0 Å². The van der Waals surface area contributed by atoms with E-state index in [4.69, 9.17) is 4.74 Å². The van der Waals surface area contributed by atoms with Crippen LogP contribution in [0.5, 0.6) is 0 Å². The molecule has 1 aromatic rings. The zero-order valence-corrected chi connectivity index (χ0v) is 10.3. The van der Waals surface area contributed by atoms with Crippen LogP contribution in [-0.4, -0.2) is 19.3 Å². The molecule has 2 rings (SSSR count). The van der Waals surface area contributed by atoms with Crippen LogP contribution in [0.25, 0.3) is 0 Å². The second-order valence-corrected chi connectivity index (χ2v) is 4.55. The molecule has 1 atom stereocenters. The summed E-state index contributed by atoms with van der Waals surface area (Å²) in [4.78, 5) is 0. The molecule has 1 aliphatic rings. The molecule has 1 fully saturated rings. The Morgan fingerprint density at radius 3 is 3.00 bits per heavy atom. The van der Waals surface area contributed by atoms with Crippen molar-refractivity contribution in [1.82, 2.24) is 0 Å². The fourth-order valence-electron chi connectivity index (χ4n) is 2.23. The summed E-state index contributed by atoms with van der Waals surface area (Å²) in [7, 11) is 0. The number of hydrogen-bond donors (Lipinski definition) is 1. The minimum atomic E-state index is 0.487. The van der Waals surface area contributed by atoms with Gasteiger partial charge in [-0.3, -0.25) is 0 Å². The third-order valence-electron chi connectivity index (χ3n) is 3.26. The minimum absolute atomic E-state index is 0.487. The van der Waals surface area contributed by atoms with E-state index in [0.29, 0.717) is 6.04 Å². The zero-order valence-electron chi connectivity index (χ0n) is 10.3. The second-order valence-electron chi connectivity index (χ2n) is 4.55. The summed E-state index contributed by atoms with van der Waals surface area (Å²) in [6, 6.07) is 7.12. The molecule has 1 heterocycles. The Bertz CT molecular complexity index is 343. The van der Waals surface area contributed by atoms with Crippen LogP contribution >= 0.6 is 0 Å². The van der Waals surface area contributed by atoms with Gasteiger partial charge in [0.2, 0.25) is 0 Å². The topological polar surface area (TPSA) is 21.3 Å². The first-order chi connectivity index (χ1) is 7.79.